The number of rotatable bonds is 8. The van der Waals surface area contributed by atoms with Crippen LogP contribution in [-0.4, -0.2) is 34.4 Å². The van der Waals surface area contributed by atoms with E-state index in [2.05, 4.69) is 5.32 Å². The van der Waals surface area contributed by atoms with E-state index in [0.717, 1.165) is 11.3 Å². The number of benzene rings is 3. The van der Waals surface area contributed by atoms with E-state index in [1.807, 2.05) is 31.2 Å². The van der Waals surface area contributed by atoms with Crippen LogP contribution in [0.3, 0.4) is 0 Å². The second-order valence-electron chi connectivity index (χ2n) is 7.25. The fraction of sp³-hybridized carbons (Fsp3) is 0.167. The molecule has 0 atom stereocenters. The molecule has 3 rings (SSSR count). The predicted octanol–water partition coefficient (Wildman–Crippen LogP) is 4.91. The average molecular weight is 450 g/mol. The Balaban J connectivity index is 1.67. The smallest absolute Gasteiger partial charge is 0.274 e. The van der Waals surface area contributed by atoms with E-state index in [0.29, 0.717) is 16.0 Å². The van der Waals surface area contributed by atoms with E-state index in [4.69, 9.17) is 0 Å². The molecule has 32 heavy (non-hydrogen) atoms. The molecule has 0 aromatic heterocycles. The Morgan fingerprint density at radius 3 is 2.38 bits per heavy atom. The van der Waals surface area contributed by atoms with Crippen LogP contribution < -0.4 is 5.32 Å². The van der Waals surface area contributed by atoms with Crippen LogP contribution in [0, 0.1) is 17.0 Å². The van der Waals surface area contributed by atoms with Crippen molar-refractivity contribution in [1.29, 1.82) is 0 Å². The maximum Gasteiger partial charge on any atom is 0.274 e. The summed E-state index contributed by atoms with van der Waals surface area (Å²) in [6.07, 6.45) is 0. The van der Waals surface area contributed by atoms with Gasteiger partial charge in [-0.3, -0.25) is 19.7 Å². The number of carbonyl (C=O) groups excluding carboxylic acids is 2. The molecule has 3 aromatic carbocycles. The molecule has 0 spiro atoms. The van der Waals surface area contributed by atoms with E-state index in [-0.39, 0.29) is 29.8 Å². The van der Waals surface area contributed by atoms with Gasteiger partial charge in [0.05, 0.1) is 22.8 Å². The third-order valence-electron chi connectivity index (χ3n) is 4.75. The number of hydrogen-bond donors (Lipinski definition) is 1. The molecule has 0 aliphatic heterocycles. The van der Waals surface area contributed by atoms with Gasteiger partial charge in [0.2, 0.25) is 5.91 Å². The quantitative estimate of drug-likeness (QED) is 0.300. The van der Waals surface area contributed by atoms with Gasteiger partial charge in [0.25, 0.3) is 11.6 Å². The Labute approximate surface area is 190 Å². The second kappa shape index (κ2) is 10.6. The first-order valence-corrected chi connectivity index (χ1v) is 10.9. The lowest BCUT2D eigenvalue weighted by atomic mass is 10.1. The summed E-state index contributed by atoms with van der Waals surface area (Å²) in [7, 11) is 1.60. The minimum absolute atomic E-state index is 0.0254. The van der Waals surface area contributed by atoms with Crippen LogP contribution in [-0.2, 0) is 11.3 Å². The maximum absolute atomic E-state index is 13.1. The zero-order valence-corrected chi connectivity index (χ0v) is 18.6. The van der Waals surface area contributed by atoms with E-state index in [1.54, 1.807) is 49.5 Å². The summed E-state index contributed by atoms with van der Waals surface area (Å²) >= 11 is 1.27. The first-order valence-electron chi connectivity index (χ1n) is 9.91. The lowest BCUT2D eigenvalue weighted by Crippen LogP contribution is -2.27. The summed E-state index contributed by atoms with van der Waals surface area (Å²) in [5.41, 5.74) is 2.70. The van der Waals surface area contributed by atoms with Crippen LogP contribution in [0.1, 0.15) is 21.5 Å². The van der Waals surface area contributed by atoms with Crippen molar-refractivity contribution in [1.82, 2.24) is 4.90 Å². The molecular weight excluding hydrogens is 426 g/mol. The number of carbonyl (C=O) groups is 2. The van der Waals surface area contributed by atoms with Gasteiger partial charge >= 0.3 is 0 Å². The van der Waals surface area contributed by atoms with Gasteiger partial charge in [-0.2, -0.15) is 0 Å². The summed E-state index contributed by atoms with van der Waals surface area (Å²) in [6.45, 7) is 2.07. The van der Waals surface area contributed by atoms with Gasteiger partial charge in [-0.15, -0.1) is 11.8 Å². The Kier molecular flexibility index (Phi) is 7.62. The highest BCUT2D eigenvalue weighted by Crippen LogP contribution is 2.25. The SMILES string of the molecule is Cc1ccc(NC(=O)CSc2ccccc2C(=O)N(C)Cc2ccccc2[N+](=O)[O-])cc1. The van der Waals surface area contributed by atoms with Crippen molar-refractivity contribution in [3.05, 3.63) is 99.6 Å². The summed E-state index contributed by atoms with van der Waals surface area (Å²) < 4.78 is 0. The van der Waals surface area contributed by atoms with Gasteiger partial charge in [0.1, 0.15) is 0 Å². The Hall–Kier alpha value is -3.65. The van der Waals surface area contributed by atoms with Crippen LogP contribution in [0.15, 0.2) is 77.7 Å². The molecular formula is C24H23N3O4S. The van der Waals surface area contributed by atoms with Crippen LogP contribution in [0.25, 0.3) is 0 Å². The predicted molar refractivity (Wildman–Crippen MR) is 126 cm³/mol. The minimum atomic E-state index is -0.454. The van der Waals surface area contributed by atoms with Gasteiger partial charge in [-0.25, -0.2) is 0 Å². The molecule has 3 aromatic rings. The van der Waals surface area contributed by atoms with Gasteiger partial charge in [-0.05, 0) is 31.2 Å². The van der Waals surface area contributed by atoms with E-state index >= 15 is 0 Å². The molecule has 164 valence electrons. The number of nitrogens with zero attached hydrogens (tertiary/aromatic N) is 2. The Morgan fingerprint density at radius 2 is 1.66 bits per heavy atom. The molecule has 2 amide bonds. The standard InChI is InChI=1S/C24H23N3O4S/c1-17-11-13-19(14-12-17)25-23(28)16-32-22-10-6-4-8-20(22)24(29)26(2)15-18-7-3-5-9-21(18)27(30)31/h3-14H,15-16H2,1-2H3,(H,25,28). The average Bonchev–Trinajstić information content (AvgIpc) is 2.79. The number of nitro groups is 1. The summed E-state index contributed by atoms with van der Waals surface area (Å²) in [5.74, 6) is -0.300. The number of aryl methyl sites for hydroxylation is 1. The van der Waals surface area contributed by atoms with Gasteiger partial charge < -0.3 is 10.2 Å². The number of nitro benzene ring substituents is 1. The maximum atomic E-state index is 13.1. The van der Waals surface area contributed by atoms with Crippen molar-refractivity contribution in [2.24, 2.45) is 0 Å². The van der Waals surface area contributed by atoms with Crippen LogP contribution in [0.5, 0.6) is 0 Å². The molecule has 0 unspecified atom stereocenters. The molecule has 0 radical (unpaired) electrons. The fourth-order valence-corrected chi connectivity index (χ4v) is 3.95. The Morgan fingerprint density at radius 1 is 1.00 bits per heavy atom. The van der Waals surface area contributed by atoms with Crippen molar-refractivity contribution in [3.63, 3.8) is 0 Å². The number of anilines is 1. The fourth-order valence-electron chi connectivity index (χ4n) is 3.10. The Bertz CT molecular complexity index is 1130. The van der Waals surface area contributed by atoms with E-state index < -0.39 is 4.92 Å². The second-order valence-corrected chi connectivity index (χ2v) is 8.26. The molecule has 8 heteroatoms. The van der Waals surface area contributed by atoms with Crippen molar-refractivity contribution < 1.29 is 14.5 Å². The lowest BCUT2D eigenvalue weighted by Gasteiger charge is -2.19. The molecule has 7 nitrogen and oxygen atoms in total. The molecule has 0 saturated carbocycles. The highest BCUT2D eigenvalue weighted by atomic mass is 32.2. The normalized spacial score (nSPS) is 10.4. The van der Waals surface area contributed by atoms with Gasteiger partial charge in [-0.1, -0.05) is 48.0 Å². The third kappa shape index (κ3) is 5.95. The van der Waals surface area contributed by atoms with Crippen LogP contribution in [0.4, 0.5) is 11.4 Å². The molecule has 0 fully saturated rings. The minimum Gasteiger partial charge on any atom is -0.337 e. The number of amides is 2. The van der Waals surface area contributed by atoms with Crippen LogP contribution >= 0.6 is 11.8 Å². The van der Waals surface area contributed by atoms with Crippen molar-refractivity contribution in [2.75, 3.05) is 18.1 Å². The number of thioether (sulfide) groups is 1. The lowest BCUT2D eigenvalue weighted by molar-refractivity contribution is -0.385. The molecule has 0 heterocycles. The van der Waals surface area contributed by atoms with Crippen LogP contribution in [0.2, 0.25) is 0 Å². The number of para-hydroxylation sites is 1. The molecule has 1 N–H and O–H groups in total. The largest absolute Gasteiger partial charge is 0.337 e. The number of nitrogens with one attached hydrogen (secondary N) is 1. The first kappa shape index (κ1) is 23.0. The molecule has 0 aliphatic carbocycles. The molecule has 0 bridgehead atoms. The summed E-state index contributed by atoms with van der Waals surface area (Å²) in [5, 5.41) is 14.1. The van der Waals surface area contributed by atoms with E-state index in [1.165, 1.54) is 22.7 Å². The van der Waals surface area contributed by atoms with Gasteiger partial charge in [0, 0.05) is 29.3 Å². The molecule has 0 saturated heterocycles. The number of hydrogen-bond acceptors (Lipinski definition) is 5. The van der Waals surface area contributed by atoms with E-state index in [9.17, 15) is 19.7 Å². The summed E-state index contributed by atoms with van der Waals surface area (Å²) in [6, 6.07) is 20.9. The zero-order valence-electron chi connectivity index (χ0n) is 17.8. The highest BCUT2D eigenvalue weighted by molar-refractivity contribution is 8.00. The monoisotopic (exact) mass is 449 g/mol. The van der Waals surface area contributed by atoms with Gasteiger partial charge in [0.15, 0.2) is 0 Å². The zero-order chi connectivity index (χ0) is 23.1. The highest BCUT2D eigenvalue weighted by Gasteiger charge is 2.20. The summed E-state index contributed by atoms with van der Waals surface area (Å²) in [4.78, 5) is 38.3. The first-order chi connectivity index (χ1) is 15.3. The van der Waals surface area contributed by atoms with Crippen molar-refractivity contribution in [3.8, 4) is 0 Å². The van der Waals surface area contributed by atoms with Crippen molar-refractivity contribution in [2.45, 2.75) is 18.4 Å². The molecule has 0 aliphatic rings. The van der Waals surface area contributed by atoms with Crippen molar-refractivity contribution >= 4 is 35.0 Å². The topological polar surface area (TPSA) is 92.6 Å². The third-order valence-corrected chi connectivity index (χ3v) is 5.83.